The van der Waals surface area contributed by atoms with Gasteiger partial charge in [0.15, 0.2) is 5.65 Å². The fourth-order valence-corrected chi connectivity index (χ4v) is 2.98. The normalized spacial score (nSPS) is 18.2. The summed E-state index contributed by atoms with van der Waals surface area (Å²) in [5.74, 6) is 0. The van der Waals surface area contributed by atoms with Gasteiger partial charge in [-0.2, -0.15) is 0 Å². The Morgan fingerprint density at radius 2 is 2.17 bits per heavy atom. The first kappa shape index (κ1) is 14.0. The SMILES string of the molecule is O=Cc1cccc(-c2ncnc3c2ncn3C2CCCCO2)c1. The van der Waals surface area contributed by atoms with Crippen molar-refractivity contribution in [3.05, 3.63) is 42.5 Å². The Bertz CT molecular complexity index is 853. The quantitative estimate of drug-likeness (QED) is 0.696. The highest BCUT2D eigenvalue weighted by Gasteiger charge is 2.20. The van der Waals surface area contributed by atoms with Gasteiger partial charge >= 0.3 is 0 Å². The highest BCUT2D eigenvalue weighted by Crippen LogP contribution is 2.29. The highest BCUT2D eigenvalue weighted by atomic mass is 16.5. The number of aldehydes is 1. The van der Waals surface area contributed by atoms with Crippen molar-refractivity contribution in [3.63, 3.8) is 0 Å². The van der Waals surface area contributed by atoms with Crippen LogP contribution in [0, 0.1) is 0 Å². The van der Waals surface area contributed by atoms with Crippen LogP contribution in [0.15, 0.2) is 36.9 Å². The molecule has 1 unspecified atom stereocenters. The number of ether oxygens (including phenoxy) is 1. The molecule has 1 atom stereocenters. The van der Waals surface area contributed by atoms with Crippen LogP contribution in [0.2, 0.25) is 0 Å². The van der Waals surface area contributed by atoms with Crippen LogP contribution in [0.1, 0.15) is 35.8 Å². The third-order valence-corrected chi connectivity index (χ3v) is 4.12. The minimum atomic E-state index is -0.0159. The second-order valence-corrected chi connectivity index (χ2v) is 5.61. The van der Waals surface area contributed by atoms with Gasteiger partial charge < -0.3 is 4.74 Å². The average Bonchev–Trinajstić information content (AvgIpc) is 3.06. The summed E-state index contributed by atoms with van der Waals surface area (Å²) >= 11 is 0. The number of hydrogen-bond acceptors (Lipinski definition) is 5. The molecule has 0 aliphatic carbocycles. The first-order valence-corrected chi connectivity index (χ1v) is 7.71. The number of nitrogens with zero attached hydrogens (tertiary/aromatic N) is 4. The predicted octanol–water partition coefficient (Wildman–Crippen LogP) is 3.00. The second-order valence-electron chi connectivity index (χ2n) is 5.61. The zero-order valence-electron chi connectivity index (χ0n) is 12.6. The number of hydrogen-bond donors (Lipinski definition) is 0. The number of carbonyl (C=O) groups excluding carboxylic acids is 1. The van der Waals surface area contributed by atoms with E-state index in [4.69, 9.17) is 4.74 Å². The number of imidazole rings is 1. The molecule has 6 nitrogen and oxygen atoms in total. The minimum absolute atomic E-state index is 0.0159. The van der Waals surface area contributed by atoms with E-state index in [2.05, 4.69) is 15.0 Å². The van der Waals surface area contributed by atoms with Crippen molar-refractivity contribution in [1.29, 1.82) is 0 Å². The number of fused-ring (bicyclic) bond motifs is 1. The van der Waals surface area contributed by atoms with Gasteiger partial charge in [-0.05, 0) is 25.3 Å². The fraction of sp³-hybridized carbons (Fsp3) is 0.294. The van der Waals surface area contributed by atoms with E-state index < -0.39 is 0 Å². The van der Waals surface area contributed by atoms with Crippen molar-refractivity contribution < 1.29 is 9.53 Å². The monoisotopic (exact) mass is 308 g/mol. The Morgan fingerprint density at radius 1 is 1.22 bits per heavy atom. The van der Waals surface area contributed by atoms with Crippen molar-refractivity contribution >= 4 is 17.5 Å². The van der Waals surface area contributed by atoms with Gasteiger partial charge in [-0.15, -0.1) is 0 Å². The van der Waals surface area contributed by atoms with Gasteiger partial charge in [0.25, 0.3) is 0 Å². The molecule has 1 saturated heterocycles. The standard InChI is InChI=1S/C17H16N4O2/c22-9-12-4-3-5-13(8-12)15-16-17(19-10-18-15)21(11-20-16)14-6-1-2-7-23-14/h3-5,8-11,14H,1-2,6-7H2. The Hall–Kier alpha value is -2.60. The Morgan fingerprint density at radius 3 is 3.00 bits per heavy atom. The molecule has 4 rings (SSSR count). The topological polar surface area (TPSA) is 69.9 Å². The molecule has 2 aromatic heterocycles. The minimum Gasteiger partial charge on any atom is -0.358 e. The van der Waals surface area contributed by atoms with E-state index in [9.17, 15) is 4.79 Å². The molecular formula is C17H16N4O2. The molecule has 23 heavy (non-hydrogen) atoms. The summed E-state index contributed by atoms with van der Waals surface area (Å²) in [5.41, 5.74) is 3.69. The van der Waals surface area contributed by atoms with Gasteiger partial charge in [0.1, 0.15) is 30.1 Å². The zero-order chi connectivity index (χ0) is 15.6. The Balaban J connectivity index is 1.82. The van der Waals surface area contributed by atoms with Crippen molar-refractivity contribution in [2.24, 2.45) is 0 Å². The van der Waals surface area contributed by atoms with Gasteiger partial charge in [0, 0.05) is 17.7 Å². The van der Waals surface area contributed by atoms with Gasteiger partial charge in [0.2, 0.25) is 0 Å². The molecule has 0 saturated carbocycles. The van der Waals surface area contributed by atoms with Gasteiger partial charge in [-0.3, -0.25) is 9.36 Å². The maximum absolute atomic E-state index is 11.0. The van der Waals surface area contributed by atoms with E-state index in [-0.39, 0.29) is 6.23 Å². The predicted molar refractivity (Wildman–Crippen MR) is 85.0 cm³/mol. The molecule has 1 fully saturated rings. The maximum atomic E-state index is 11.0. The van der Waals surface area contributed by atoms with Crippen molar-refractivity contribution in [3.8, 4) is 11.3 Å². The van der Waals surface area contributed by atoms with E-state index in [1.54, 1.807) is 12.4 Å². The van der Waals surface area contributed by atoms with Crippen molar-refractivity contribution in [2.75, 3.05) is 6.61 Å². The largest absolute Gasteiger partial charge is 0.358 e. The molecule has 6 heteroatoms. The van der Waals surface area contributed by atoms with E-state index in [1.165, 1.54) is 6.33 Å². The summed E-state index contributed by atoms with van der Waals surface area (Å²) in [6, 6.07) is 7.34. The maximum Gasteiger partial charge on any atom is 0.165 e. The van der Waals surface area contributed by atoms with Crippen molar-refractivity contribution in [1.82, 2.24) is 19.5 Å². The Labute approximate surface area is 133 Å². The lowest BCUT2D eigenvalue weighted by Crippen LogP contribution is -2.17. The number of aromatic nitrogens is 4. The number of carbonyl (C=O) groups is 1. The summed E-state index contributed by atoms with van der Waals surface area (Å²) in [5, 5.41) is 0. The smallest absolute Gasteiger partial charge is 0.165 e. The second kappa shape index (κ2) is 5.89. The number of rotatable bonds is 3. The third kappa shape index (κ3) is 2.51. The van der Waals surface area contributed by atoms with Crippen LogP contribution < -0.4 is 0 Å². The summed E-state index contributed by atoms with van der Waals surface area (Å²) in [7, 11) is 0. The van der Waals surface area contributed by atoms with Crippen molar-refractivity contribution in [2.45, 2.75) is 25.5 Å². The molecule has 0 radical (unpaired) electrons. The lowest BCUT2D eigenvalue weighted by Gasteiger charge is -2.23. The summed E-state index contributed by atoms with van der Waals surface area (Å²) < 4.78 is 7.80. The van der Waals surface area contributed by atoms with Crippen LogP contribution in [0.3, 0.4) is 0 Å². The molecule has 0 amide bonds. The van der Waals surface area contributed by atoms with Gasteiger partial charge in [-0.1, -0.05) is 18.2 Å². The average molecular weight is 308 g/mol. The molecule has 0 bridgehead atoms. The molecule has 116 valence electrons. The van der Waals surface area contributed by atoms with Crippen LogP contribution in [0.5, 0.6) is 0 Å². The molecular weight excluding hydrogens is 292 g/mol. The molecule has 1 aliphatic rings. The molecule has 0 N–H and O–H groups in total. The van der Waals surface area contributed by atoms with Crippen LogP contribution in [0.25, 0.3) is 22.4 Å². The summed E-state index contributed by atoms with van der Waals surface area (Å²) in [4.78, 5) is 24.2. The van der Waals surface area contributed by atoms with Gasteiger partial charge in [-0.25, -0.2) is 15.0 Å². The first-order chi connectivity index (χ1) is 11.4. The molecule has 3 aromatic rings. The molecule has 1 aliphatic heterocycles. The number of benzene rings is 1. The van der Waals surface area contributed by atoms with Crippen LogP contribution >= 0.6 is 0 Å². The zero-order valence-corrected chi connectivity index (χ0v) is 12.6. The third-order valence-electron chi connectivity index (χ3n) is 4.12. The summed E-state index contributed by atoms with van der Waals surface area (Å²) in [6.45, 7) is 0.768. The van der Waals surface area contributed by atoms with Gasteiger partial charge in [0.05, 0.1) is 6.33 Å². The summed E-state index contributed by atoms with van der Waals surface area (Å²) in [6.07, 6.45) is 7.32. The Kier molecular flexibility index (Phi) is 3.59. The molecule has 0 spiro atoms. The first-order valence-electron chi connectivity index (χ1n) is 7.71. The lowest BCUT2D eigenvalue weighted by atomic mass is 10.1. The van der Waals surface area contributed by atoms with E-state index in [0.717, 1.165) is 54.6 Å². The highest BCUT2D eigenvalue weighted by molar-refractivity contribution is 5.88. The fourth-order valence-electron chi connectivity index (χ4n) is 2.98. The van der Waals surface area contributed by atoms with E-state index in [1.807, 2.05) is 22.8 Å². The van der Waals surface area contributed by atoms with Crippen LogP contribution in [0.4, 0.5) is 0 Å². The molecule has 3 heterocycles. The molecule has 1 aromatic carbocycles. The van der Waals surface area contributed by atoms with E-state index in [0.29, 0.717) is 5.56 Å². The van der Waals surface area contributed by atoms with E-state index >= 15 is 0 Å². The van der Waals surface area contributed by atoms with Crippen LogP contribution in [-0.4, -0.2) is 32.4 Å². The lowest BCUT2D eigenvalue weighted by molar-refractivity contribution is -0.0298. The van der Waals surface area contributed by atoms with Crippen LogP contribution in [-0.2, 0) is 4.74 Å².